The number of aliphatic hydroxyl groups is 1. The second-order valence-electron chi connectivity index (χ2n) is 6.01. The van der Waals surface area contributed by atoms with Gasteiger partial charge in [0.25, 0.3) is 5.91 Å². The number of β-amino-alcohol motifs (C(OH)–C–C–N with tert-alkyl or cyclic N) is 1. The summed E-state index contributed by atoms with van der Waals surface area (Å²) < 4.78 is 0. The second kappa shape index (κ2) is 6.22. The fraction of sp³-hybridized carbons (Fsp3) is 0.600. The van der Waals surface area contributed by atoms with Gasteiger partial charge >= 0.3 is 0 Å². The largest absolute Gasteiger partial charge is 0.378 e. The number of hydrogen-bond donors (Lipinski definition) is 1. The molecule has 3 heterocycles. The molecule has 7 heteroatoms. The third-order valence-electron chi connectivity index (χ3n) is 4.35. The fourth-order valence-electron chi connectivity index (χ4n) is 3.25. The summed E-state index contributed by atoms with van der Waals surface area (Å²) in [5, 5.41) is 11.7. The molecule has 1 atom stereocenters. The molecule has 0 spiro atoms. The molecule has 3 rings (SSSR count). The summed E-state index contributed by atoms with van der Waals surface area (Å²) in [4.78, 5) is 20.5. The Hall–Kier alpha value is -1.04. The van der Waals surface area contributed by atoms with Crippen molar-refractivity contribution in [2.75, 3.05) is 31.1 Å². The van der Waals surface area contributed by atoms with Crippen molar-refractivity contribution in [3.63, 3.8) is 0 Å². The van der Waals surface area contributed by atoms with Gasteiger partial charge in [-0.25, -0.2) is 4.98 Å². The number of pyridine rings is 1. The van der Waals surface area contributed by atoms with Gasteiger partial charge in [-0.1, -0.05) is 23.2 Å². The molecule has 1 N–H and O–H groups in total. The molecular weight excluding hydrogens is 325 g/mol. The van der Waals surface area contributed by atoms with Crippen LogP contribution in [0.4, 0.5) is 5.82 Å². The Kier molecular flexibility index (Phi) is 4.48. The molecule has 0 saturated carbocycles. The summed E-state index contributed by atoms with van der Waals surface area (Å²) in [6.07, 6.45) is 4.74. The van der Waals surface area contributed by atoms with E-state index in [9.17, 15) is 9.90 Å². The molecule has 2 aliphatic heterocycles. The zero-order valence-electron chi connectivity index (χ0n) is 12.3. The van der Waals surface area contributed by atoms with Crippen LogP contribution in [0.5, 0.6) is 0 Å². The molecule has 5 nitrogen and oxygen atoms in total. The highest BCUT2D eigenvalue weighted by Gasteiger charge is 2.43. The predicted octanol–water partition coefficient (Wildman–Crippen LogP) is 2.34. The van der Waals surface area contributed by atoms with E-state index in [1.54, 1.807) is 11.0 Å². The first kappa shape index (κ1) is 15.8. The number of carbonyl (C=O) groups excluding carboxylic acids is 1. The standard InChI is InChI=1S/C15H19Cl2N3O2/c16-11-8-12(17)13(18-9-11)20-7-3-4-15(22,10-20)14(21)19-5-1-2-6-19/h8-9,22H,1-7,10H2. The van der Waals surface area contributed by atoms with E-state index in [4.69, 9.17) is 23.2 Å². The Labute approximate surface area is 139 Å². The van der Waals surface area contributed by atoms with Crippen LogP contribution in [0.15, 0.2) is 12.3 Å². The smallest absolute Gasteiger partial charge is 0.256 e. The summed E-state index contributed by atoms with van der Waals surface area (Å²) in [6, 6.07) is 1.63. The van der Waals surface area contributed by atoms with Crippen molar-refractivity contribution in [2.45, 2.75) is 31.3 Å². The number of anilines is 1. The maximum absolute atomic E-state index is 12.6. The van der Waals surface area contributed by atoms with Gasteiger partial charge in [0.05, 0.1) is 16.6 Å². The molecule has 22 heavy (non-hydrogen) atoms. The summed E-state index contributed by atoms with van der Waals surface area (Å²) in [5.41, 5.74) is -1.35. The number of hydrogen-bond acceptors (Lipinski definition) is 4. The van der Waals surface area contributed by atoms with E-state index in [0.29, 0.717) is 28.8 Å². The van der Waals surface area contributed by atoms with Gasteiger partial charge in [-0.05, 0) is 31.7 Å². The van der Waals surface area contributed by atoms with Crippen LogP contribution in [0.3, 0.4) is 0 Å². The van der Waals surface area contributed by atoms with Crippen LogP contribution in [0, 0.1) is 0 Å². The molecule has 0 bridgehead atoms. The Balaban J connectivity index is 1.79. The third kappa shape index (κ3) is 3.03. The van der Waals surface area contributed by atoms with Crippen molar-refractivity contribution in [1.82, 2.24) is 9.88 Å². The zero-order chi connectivity index (χ0) is 15.7. The van der Waals surface area contributed by atoms with E-state index in [0.717, 1.165) is 32.4 Å². The monoisotopic (exact) mass is 343 g/mol. The quantitative estimate of drug-likeness (QED) is 0.895. The zero-order valence-corrected chi connectivity index (χ0v) is 13.8. The molecule has 120 valence electrons. The molecule has 1 aromatic rings. The minimum absolute atomic E-state index is 0.167. The first-order valence-corrected chi connectivity index (χ1v) is 8.33. The van der Waals surface area contributed by atoms with Gasteiger partial charge in [-0.15, -0.1) is 0 Å². The minimum atomic E-state index is -1.35. The summed E-state index contributed by atoms with van der Waals surface area (Å²) in [6.45, 7) is 2.41. The molecule has 1 unspecified atom stereocenters. The van der Waals surface area contributed by atoms with E-state index in [1.165, 1.54) is 6.20 Å². The summed E-state index contributed by atoms with van der Waals surface area (Å²) in [5.74, 6) is 0.401. The van der Waals surface area contributed by atoms with Crippen LogP contribution in [0.1, 0.15) is 25.7 Å². The van der Waals surface area contributed by atoms with E-state index in [-0.39, 0.29) is 12.5 Å². The molecule has 1 amide bonds. The lowest BCUT2D eigenvalue weighted by Crippen LogP contribution is -2.58. The molecule has 2 saturated heterocycles. The Morgan fingerprint density at radius 1 is 1.23 bits per heavy atom. The number of likely N-dealkylation sites (tertiary alicyclic amines) is 1. The SMILES string of the molecule is O=C(N1CCCC1)C1(O)CCCN(c2ncc(Cl)cc2Cl)C1. The average Bonchev–Trinajstić information content (AvgIpc) is 3.00. The van der Waals surface area contributed by atoms with Gasteiger partial charge in [0.15, 0.2) is 5.60 Å². The van der Waals surface area contributed by atoms with E-state index < -0.39 is 5.60 Å². The van der Waals surface area contributed by atoms with Crippen molar-refractivity contribution in [3.05, 3.63) is 22.3 Å². The van der Waals surface area contributed by atoms with Gasteiger partial charge in [-0.2, -0.15) is 0 Å². The number of rotatable bonds is 2. The summed E-state index contributed by atoms with van der Waals surface area (Å²) in [7, 11) is 0. The van der Waals surface area contributed by atoms with Crippen molar-refractivity contribution < 1.29 is 9.90 Å². The molecule has 0 radical (unpaired) electrons. The van der Waals surface area contributed by atoms with Gasteiger partial charge in [0.1, 0.15) is 5.82 Å². The van der Waals surface area contributed by atoms with Crippen LogP contribution >= 0.6 is 23.2 Å². The van der Waals surface area contributed by atoms with Crippen LogP contribution in [0.25, 0.3) is 0 Å². The predicted molar refractivity (Wildman–Crippen MR) is 86.5 cm³/mol. The van der Waals surface area contributed by atoms with E-state index in [1.807, 2.05) is 4.90 Å². The molecule has 0 aliphatic carbocycles. The Bertz CT molecular complexity index is 578. The van der Waals surface area contributed by atoms with E-state index in [2.05, 4.69) is 4.98 Å². The Morgan fingerprint density at radius 3 is 2.64 bits per heavy atom. The van der Waals surface area contributed by atoms with Gasteiger partial charge in [0.2, 0.25) is 0 Å². The number of nitrogens with zero attached hydrogens (tertiary/aromatic N) is 3. The van der Waals surface area contributed by atoms with E-state index >= 15 is 0 Å². The third-order valence-corrected chi connectivity index (χ3v) is 4.83. The highest BCUT2D eigenvalue weighted by molar-refractivity contribution is 6.36. The van der Waals surface area contributed by atoms with Gasteiger partial charge < -0.3 is 14.9 Å². The maximum atomic E-state index is 12.6. The average molecular weight is 344 g/mol. The minimum Gasteiger partial charge on any atom is -0.378 e. The Morgan fingerprint density at radius 2 is 1.95 bits per heavy atom. The second-order valence-corrected chi connectivity index (χ2v) is 6.86. The van der Waals surface area contributed by atoms with Gasteiger partial charge in [-0.3, -0.25) is 4.79 Å². The molecule has 2 fully saturated rings. The highest BCUT2D eigenvalue weighted by Crippen LogP contribution is 2.32. The fourth-order valence-corrected chi connectivity index (χ4v) is 3.75. The number of carbonyl (C=O) groups is 1. The van der Waals surface area contributed by atoms with Crippen molar-refractivity contribution in [1.29, 1.82) is 0 Å². The number of halogens is 2. The molecule has 1 aromatic heterocycles. The normalized spacial score (nSPS) is 25.6. The highest BCUT2D eigenvalue weighted by atomic mass is 35.5. The maximum Gasteiger partial charge on any atom is 0.256 e. The topological polar surface area (TPSA) is 56.7 Å². The molecular formula is C15H19Cl2N3O2. The van der Waals surface area contributed by atoms with Crippen LogP contribution < -0.4 is 4.90 Å². The first-order chi connectivity index (χ1) is 10.5. The lowest BCUT2D eigenvalue weighted by Gasteiger charge is -2.40. The molecule has 2 aliphatic rings. The number of aromatic nitrogens is 1. The van der Waals surface area contributed by atoms with Crippen molar-refractivity contribution >= 4 is 34.9 Å². The van der Waals surface area contributed by atoms with Crippen LogP contribution in [0.2, 0.25) is 10.0 Å². The van der Waals surface area contributed by atoms with Crippen molar-refractivity contribution in [3.8, 4) is 0 Å². The number of amides is 1. The first-order valence-electron chi connectivity index (χ1n) is 7.57. The van der Waals surface area contributed by atoms with Crippen molar-refractivity contribution in [2.24, 2.45) is 0 Å². The lowest BCUT2D eigenvalue weighted by molar-refractivity contribution is -0.151. The van der Waals surface area contributed by atoms with Crippen LogP contribution in [-0.2, 0) is 4.79 Å². The van der Waals surface area contributed by atoms with Crippen LogP contribution in [-0.4, -0.2) is 52.7 Å². The van der Waals surface area contributed by atoms with Gasteiger partial charge in [0, 0.05) is 25.8 Å². The summed E-state index contributed by atoms with van der Waals surface area (Å²) >= 11 is 12.1. The molecule has 0 aromatic carbocycles. The number of piperidine rings is 1. The lowest BCUT2D eigenvalue weighted by atomic mass is 9.91.